The summed E-state index contributed by atoms with van der Waals surface area (Å²) in [5.74, 6) is 0. The molecule has 0 spiro atoms. The minimum atomic E-state index is -5.77. The van der Waals surface area contributed by atoms with Crippen LogP contribution in [0.25, 0.3) is 0 Å². The molecule has 3 aliphatic rings. The highest BCUT2D eigenvalue weighted by Gasteiger charge is 2.47. The second-order valence-corrected chi connectivity index (χ2v) is 39.8. The molecule has 0 bridgehead atoms. The Morgan fingerprint density at radius 2 is 1.07 bits per heavy atom. The molecule has 5 aromatic rings. The molecule has 3 aromatic heterocycles. The van der Waals surface area contributed by atoms with E-state index in [2.05, 4.69) is 72.9 Å². The monoisotopic (exact) mass is 1670 g/mol. The van der Waals surface area contributed by atoms with Crippen molar-refractivity contribution in [2.45, 2.75) is 225 Å². The van der Waals surface area contributed by atoms with Gasteiger partial charge in [0.05, 0.1) is 95.2 Å². The van der Waals surface area contributed by atoms with Crippen LogP contribution < -0.4 is 33.7 Å². The van der Waals surface area contributed by atoms with Crippen LogP contribution >= 0.6 is 39.4 Å². The third kappa shape index (κ3) is 24.0. The molecule has 3 aliphatic heterocycles. The molecule has 8 rings (SSSR count). The van der Waals surface area contributed by atoms with E-state index >= 15 is 0 Å². The number of aliphatic hydroxyl groups is 3. The molecule has 0 amide bonds. The first-order valence-corrected chi connectivity index (χ1v) is 42.1. The average Bonchev–Trinajstić information content (AvgIpc) is 1.47. The molecule has 0 aliphatic carbocycles. The number of aromatic nitrogens is 6. The van der Waals surface area contributed by atoms with Gasteiger partial charge in [-0.3, -0.25) is 62.8 Å². The predicted octanol–water partition coefficient (Wildman–Crippen LogP) is 7.91. The van der Waals surface area contributed by atoms with Gasteiger partial charge >= 0.3 is 46.6 Å². The number of carbonyl (C=O) groups is 1. The number of nitrogens with zero attached hydrogens (tertiary/aromatic N) is 6. The maximum absolute atomic E-state index is 13.2. The van der Waals surface area contributed by atoms with Crippen LogP contribution in [-0.2, 0) is 78.2 Å². The molecular formula is C64H94BrN8O31P3Si. The van der Waals surface area contributed by atoms with Gasteiger partial charge in [-0.2, -0.15) is 13.2 Å². The topological polar surface area (TPSA) is 542 Å². The lowest BCUT2D eigenvalue weighted by molar-refractivity contribution is -0.386. The molecule has 6 heterocycles. The van der Waals surface area contributed by atoms with Crippen LogP contribution in [0.5, 0.6) is 0 Å². The van der Waals surface area contributed by atoms with E-state index in [9.17, 15) is 92.6 Å². The van der Waals surface area contributed by atoms with Gasteiger partial charge in [0.1, 0.15) is 36.5 Å². The van der Waals surface area contributed by atoms with Crippen LogP contribution in [0.4, 0.5) is 16.2 Å². The highest BCUT2D eigenvalue weighted by molar-refractivity contribution is 9.08. The van der Waals surface area contributed by atoms with E-state index in [0.717, 1.165) is 21.8 Å². The van der Waals surface area contributed by atoms with Crippen molar-refractivity contribution in [1.29, 1.82) is 0 Å². The molecule has 0 saturated carbocycles. The summed E-state index contributed by atoms with van der Waals surface area (Å²) >= 11 is 3.28. The van der Waals surface area contributed by atoms with E-state index in [1.54, 1.807) is 65.8 Å². The van der Waals surface area contributed by atoms with E-state index in [1.165, 1.54) is 41.2 Å². The number of para-hydroxylation sites is 2. The van der Waals surface area contributed by atoms with Crippen molar-refractivity contribution in [3.63, 3.8) is 0 Å². The van der Waals surface area contributed by atoms with Gasteiger partial charge in [0.2, 0.25) is 0 Å². The van der Waals surface area contributed by atoms with Gasteiger partial charge in [-0.25, -0.2) is 32.9 Å². The van der Waals surface area contributed by atoms with Crippen molar-refractivity contribution in [3.8, 4) is 0 Å². The number of nitrogens with one attached hydrogen (secondary N) is 2. The van der Waals surface area contributed by atoms with Gasteiger partial charge < -0.3 is 67.7 Å². The summed E-state index contributed by atoms with van der Waals surface area (Å²) in [5.41, 5.74) is -6.07. The Kier molecular flexibility index (Phi) is 30.0. The van der Waals surface area contributed by atoms with Crippen molar-refractivity contribution in [2.24, 2.45) is 10.8 Å². The normalized spacial score (nSPS) is 22.4. The quantitative estimate of drug-likeness (QED) is 0.00880. The minimum absolute atomic E-state index is 0.0350. The predicted molar refractivity (Wildman–Crippen MR) is 389 cm³/mol. The summed E-state index contributed by atoms with van der Waals surface area (Å²) < 4.78 is 90.9. The molecule has 0 radical (unpaired) electrons. The number of ether oxygens (including phenoxy) is 6. The smallest absolute Gasteiger partial charge is 0.443 e. The fourth-order valence-corrected chi connectivity index (χ4v) is 16.0. The lowest BCUT2D eigenvalue weighted by Crippen LogP contribution is -2.47. The van der Waals surface area contributed by atoms with Gasteiger partial charge in [0.25, 0.3) is 28.1 Å². The number of hydrogen-bond donors (Lipinski definition) is 9. The number of rotatable bonds is 25. The zero-order valence-corrected chi connectivity index (χ0v) is 67.2. The summed E-state index contributed by atoms with van der Waals surface area (Å²) in [7, 11) is -18.9. The third-order valence-corrected chi connectivity index (χ3v) is 26.3. The largest absolute Gasteiger partial charge is 0.490 e. The number of halogens is 1. The molecule has 39 nitrogen and oxygen atoms in total. The second-order valence-electron chi connectivity index (χ2n) is 30.1. The number of nitro groups is 2. The zero-order valence-electron chi connectivity index (χ0n) is 61.9. The molecule has 2 aromatic carbocycles. The van der Waals surface area contributed by atoms with Crippen LogP contribution in [0.1, 0.15) is 174 Å². The SMILES string of the molecule is CC(C)(C)[C@H](OCc1cn([C@H]2C[C@@H](O)[C@@H](CO)O2)c(=O)[nH]c1=O)c1ccccc1[N+](=O)[O-].CC(C)(C)[C@H](OCc1cn([C@H]2C[C@@H](O)[C@@H](COP(=O)(O)OP(=O)(O)OP(=O)(O)O)O2)c(=O)[nH]c1=O)c1ccccc1[N+](=O)[O-].CC[C@H]1O[C@@H](n2cc(CBr)c(=O)n(C(=O)OC(C)(C)C)c2=O)C[C@H]1O[Si](C)(C)C(C)(C)C. The fourth-order valence-electron chi connectivity index (χ4n) is 11.3. The molecule has 2 unspecified atom stereocenters. The van der Waals surface area contributed by atoms with Crippen LogP contribution in [0.15, 0.2) is 95.9 Å². The lowest BCUT2D eigenvalue weighted by Gasteiger charge is -2.39. The number of phosphoric ester groups is 1. The van der Waals surface area contributed by atoms with Crippen molar-refractivity contribution < 1.29 is 109 Å². The van der Waals surface area contributed by atoms with Crippen molar-refractivity contribution >= 4 is 65.2 Å². The van der Waals surface area contributed by atoms with Crippen LogP contribution in [0, 0.1) is 31.1 Å². The Hall–Kier alpha value is -6.50. The van der Waals surface area contributed by atoms with Crippen LogP contribution in [0.3, 0.4) is 0 Å². The number of H-pyrrole nitrogens is 2. The highest BCUT2D eigenvalue weighted by atomic mass is 79.9. The molecule has 13 atom stereocenters. The Bertz CT molecular complexity index is 4570. The Balaban J connectivity index is 0.000000258. The maximum atomic E-state index is 13.2. The van der Waals surface area contributed by atoms with E-state index in [0.29, 0.717) is 16.6 Å². The summed E-state index contributed by atoms with van der Waals surface area (Å²) in [6.45, 7) is 26.9. The average molecular weight is 1670 g/mol. The number of benzene rings is 2. The van der Waals surface area contributed by atoms with Crippen molar-refractivity contribution in [3.05, 3.63) is 178 Å². The van der Waals surface area contributed by atoms with Crippen LogP contribution in [-0.4, -0.2) is 143 Å². The molecular weight excluding hydrogens is 1580 g/mol. The van der Waals surface area contributed by atoms with Crippen molar-refractivity contribution in [1.82, 2.24) is 28.2 Å². The van der Waals surface area contributed by atoms with E-state index in [4.69, 9.17) is 42.6 Å². The van der Waals surface area contributed by atoms with E-state index in [-0.39, 0.29) is 75.7 Å². The molecule has 602 valence electrons. The van der Waals surface area contributed by atoms with E-state index in [1.807, 2.05) is 27.7 Å². The second kappa shape index (κ2) is 35.9. The molecule has 3 fully saturated rings. The standard InChI is InChI=1S/C22H37BrN2O6Si.C21H30N3O17P3.C21H27N3O8/c1-10-15-16(31-32(8,9)22(5,6)7)11-17(29-15)24-13-14(12-23)18(26)25(19(24)27)20(28)30-21(2,3)4;1-21(2,3)18(13-6-4-5-7-14(13)24(28)29)37-10-12-9-23(20(27)22-19(12)26)17-8-15(25)16(39-17)11-38-43(33,34)41-44(35,36)40-42(30,31)32;1-21(2,3)18(13-6-4-5-7-14(13)24(29)30)31-11-12-9-23(20(28)22-19(12)27)17-8-15(26)16(10-25)32-17/h13,15-17H,10-12H2,1-9H3;4-7,9,15-18,25H,8,10-11H2,1-3H3,(H,33,34)(H,35,36)(H,22,26,27)(H2,30,31,32);4-7,9,15-18,25-26H,8,10-11H2,1-3H3,(H,22,27,28)/t15-,16-,17-;2*15-,16-,17-,18-/m111/s1. The van der Waals surface area contributed by atoms with Crippen LogP contribution in [0.2, 0.25) is 18.1 Å². The zero-order chi connectivity index (χ0) is 81.5. The number of alkyl halides is 1. The van der Waals surface area contributed by atoms with Crippen molar-refractivity contribution in [2.75, 3.05) is 13.2 Å². The van der Waals surface area contributed by atoms with Gasteiger partial charge in [-0.1, -0.05) is 109 Å². The summed E-state index contributed by atoms with van der Waals surface area (Å²) in [4.78, 5) is 151. The number of carbonyl (C=O) groups excluding carboxylic acids is 1. The fraction of sp³-hybridized carbons (Fsp3) is 0.609. The molecule has 9 N–H and O–H groups in total. The molecule has 3 saturated heterocycles. The van der Waals surface area contributed by atoms with Gasteiger partial charge in [-0.05, 0) is 68.3 Å². The Labute approximate surface area is 627 Å². The van der Waals surface area contributed by atoms with Gasteiger partial charge in [0, 0.05) is 60.9 Å². The highest BCUT2D eigenvalue weighted by Crippen LogP contribution is 2.66. The Morgan fingerprint density at radius 3 is 1.47 bits per heavy atom. The third-order valence-electron chi connectivity index (χ3n) is 17.4. The van der Waals surface area contributed by atoms with Gasteiger partial charge in [0.15, 0.2) is 8.32 Å². The lowest BCUT2D eigenvalue weighted by atomic mass is 9.84. The number of aromatic amines is 2. The minimum Gasteiger partial charge on any atom is -0.443 e. The first kappa shape index (κ1) is 90.4. The number of hydrogen-bond acceptors (Lipinski definition) is 27. The number of aliphatic hydroxyl groups excluding tert-OH is 3. The first-order valence-electron chi connectivity index (χ1n) is 33.6. The first-order chi connectivity index (χ1) is 49.6. The number of nitro benzene ring substituents is 2. The summed E-state index contributed by atoms with van der Waals surface area (Å²) in [6, 6.07) is 12.2. The molecule has 108 heavy (non-hydrogen) atoms. The summed E-state index contributed by atoms with van der Waals surface area (Å²) in [6.07, 6.45) is -5.60. The Morgan fingerprint density at radius 1 is 0.648 bits per heavy atom. The van der Waals surface area contributed by atoms with E-state index < -0.39 is 173 Å². The summed E-state index contributed by atoms with van der Waals surface area (Å²) in [5, 5.41) is 52.9. The molecule has 44 heteroatoms. The number of phosphoric acid groups is 3. The maximum Gasteiger partial charge on any atom is 0.490 e. The van der Waals surface area contributed by atoms with Gasteiger partial charge in [-0.15, -0.1) is 0 Å².